The number of halogens is 2. The van der Waals surface area contributed by atoms with Crippen molar-refractivity contribution in [1.82, 2.24) is 30.7 Å². The largest absolute Gasteiger partial charge is 0.484 e. The summed E-state index contributed by atoms with van der Waals surface area (Å²) >= 11 is 13.6. The van der Waals surface area contributed by atoms with E-state index in [1.54, 1.807) is 22.7 Å². The molecule has 2 atom stereocenters. The summed E-state index contributed by atoms with van der Waals surface area (Å²) in [6, 6.07) is 5.75. The molecule has 2 unspecified atom stereocenters. The maximum Gasteiger partial charge on any atom is 0.234 e. The molecule has 0 aliphatic carbocycles. The second-order valence-corrected chi connectivity index (χ2v) is 8.85. The Morgan fingerprint density at radius 2 is 2.15 bits per heavy atom. The summed E-state index contributed by atoms with van der Waals surface area (Å²) in [7, 11) is 0. The highest BCUT2D eigenvalue weighted by molar-refractivity contribution is 7.16. The van der Waals surface area contributed by atoms with Crippen LogP contribution in [0.3, 0.4) is 0 Å². The number of nitrogens with zero attached hydrogens (tertiary/aromatic N) is 4. The summed E-state index contributed by atoms with van der Waals surface area (Å²) in [6.45, 7) is 4.69. The lowest BCUT2D eigenvalue weighted by Gasteiger charge is -2.10. The molecule has 2 aromatic heterocycles. The van der Waals surface area contributed by atoms with E-state index in [-0.39, 0.29) is 12.6 Å². The molecule has 1 aliphatic rings. The Hall–Kier alpha value is -1.45. The predicted molar refractivity (Wildman–Crippen MR) is 106 cm³/mol. The van der Waals surface area contributed by atoms with Crippen LogP contribution in [0, 0.1) is 5.92 Å². The third-order valence-corrected chi connectivity index (χ3v) is 5.90. The van der Waals surface area contributed by atoms with Crippen molar-refractivity contribution in [2.24, 2.45) is 5.92 Å². The van der Waals surface area contributed by atoms with Gasteiger partial charge in [-0.05, 0) is 37.0 Å². The molecule has 3 aromatic rings. The first-order valence-electron chi connectivity index (χ1n) is 8.79. The normalized spacial score (nSPS) is 20.0. The quantitative estimate of drug-likeness (QED) is 0.619. The number of ether oxygens (including phenoxy) is 1. The van der Waals surface area contributed by atoms with Gasteiger partial charge in [0.05, 0.1) is 11.1 Å². The van der Waals surface area contributed by atoms with Gasteiger partial charge in [-0.3, -0.25) is 5.43 Å². The van der Waals surface area contributed by atoms with Gasteiger partial charge in [0, 0.05) is 11.1 Å². The highest BCUT2D eigenvalue weighted by Crippen LogP contribution is 2.30. The molecule has 1 aromatic carbocycles. The number of benzene rings is 1. The number of rotatable bonds is 6. The van der Waals surface area contributed by atoms with Gasteiger partial charge in [-0.2, -0.15) is 9.61 Å². The molecule has 1 aliphatic heterocycles. The van der Waals surface area contributed by atoms with Crippen LogP contribution in [0.2, 0.25) is 10.0 Å². The second kappa shape index (κ2) is 7.89. The molecule has 27 heavy (non-hydrogen) atoms. The second-order valence-electron chi connectivity index (χ2n) is 7.02. The Kier molecular flexibility index (Phi) is 5.52. The van der Waals surface area contributed by atoms with Gasteiger partial charge >= 0.3 is 0 Å². The molecule has 10 heteroatoms. The molecule has 0 bridgehead atoms. The molecule has 7 nitrogen and oxygen atoms in total. The topological polar surface area (TPSA) is 76.4 Å². The van der Waals surface area contributed by atoms with Crippen LogP contribution in [-0.2, 0) is 6.61 Å². The number of aromatic nitrogens is 4. The third kappa shape index (κ3) is 4.20. The average molecular weight is 427 g/mol. The molecule has 0 amide bonds. The average Bonchev–Trinajstić information content (AvgIpc) is 3.29. The van der Waals surface area contributed by atoms with Gasteiger partial charge in [-0.15, -0.1) is 10.2 Å². The van der Waals surface area contributed by atoms with Crippen LogP contribution in [0.5, 0.6) is 5.75 Å². The van der Waals surface area contributed by atoms with E-state index in [1.165, 1.54) is 11.3 Å². The van der Waals surface area contributed by atoms with Crippen molar-refractivity contribution in [3.8, 4) is 5.75 Å². The van der Waals surface area contributed by atoms with Crippen molar-refractivity contribution < 1.29 is 4.74 Å². The monoisotopic (exact) mass is 426 g/mol. The van der Waals surface area contributed by atoms with Crippen molar-refractivity contribution in [3.05, 3.63) is 39.1 Å². The maximum absolute atomic E-state index is 6.15. The maximum atomic E-state index is 6.15. The number of fused-ring (bicyclic) bond motifs is 1. The van der Waals surface area contributed by atoms with Gasteiger partial charge in [0.25, 0.3) is 0 Å². The fraction of sp³-hybridized carbons (Fsp3) is 0.471. The summed E-state index contributed by atoms with van der Waals surface area (Å²) in [5.74, 6) is 1.83. The highest BCUT2D eigenvalue weighted by Gasteiger charge is 2.28. The van der Waals surface area contributed by atoms with E-state index in [1.807, 2.05) is 0 Å². The Morgan fingerprint density at radius 1 is 1.30 bits per heavy atom. The standard InChI is InChI=1S/C17H20Cl2N6OS/c1-9(2)5-11-7-13(21-20-11)16-24-25-15(22-23-17(25)27-16)8-26-14-4-3-10(18)6-12(14)19/h3-4,6,9,11,13,20-21H,5,7-8H2,1-2H3. The Morgan fingerprint density at radius 3 is 2.93 bits per heavy atom. The first kappa shape index (κ1) is 18.9. The van der Waals surface area contributed by atoms with E-state index < -0.39 is 0 Å². The van der Waals surface area contributed by atoms with Gasteiger partial charge in [-0.25, -0.2) is 5.43 Å². The first-order valence-corrected chi connectivity index (χ1v) is 10.4. The van der Waals surface area contributed by atoms with Gasteiger partial charge in [0.15, 0.2) is 5.82 Å². The van der Waals surface area contributed by atoms with E-state index in [0.29, 0.717) is 33.6 Å². The molecule has 0 radical (unpaired) electrons. The minimum absolute atomic E-state index is 0.180. The molecule has 0 saturated carbocycles. The lowest BCUT2D eigenvalue weighted by molar-refractivity contribution is 0.292. The summed E-state index contributed by atoms with van der Waals surface area (Å²) in [6.07, 6.45) is 2.14. The van der Waals surface area contributed by atoms with Crippen molar-refractivity contribution in [2.45, 2.75) is 45.4 Å². The zero-order valence-electron chi connectivity index (χ0n) is 14.9. The summed E-state index contributed by atoms with van der Waals surface area (Å²) in [5.41, 5.74) is 6.71. The van der Waals surface area contributed by atoms with E-state index in [2.05, 4.69) is 34.9 Å². The molecule has 1 saturated heterocycles. The van der Waals surface area contributed by atoms with Crippen molar-refractivity contribution >= 4 is 39.5 Å². The van der Waals surface area contributed by atoms with Gasteiger partial charge in [0.2, 0.25) is 4.96 Å². The van der Waals surface area contributed by atoms with Crippen molar-refractivity contribution in [3.63, 3.8) is 0 Å². The number of nitrogens with one attached hydrogen (secondary N) is 2. The number of hydrazine groups is 1. The molecule has 2 N–H and O–H groups in total. The lowest BCUT2D eigenvalue weighted by Crippen LogP contribution is -2.31. The zero-order valence-corrected chi connectivity index (χ0v) is 17.3. The summed E-state index contributed by atoms with van der Waals surface area (Å²) in [4.78, 5) is 0.750. The molecular weight excluding hydrogens is 407 g/mol. The van der Waals surface area contributed by atoms with Crippen LogP contribution in [0.1, 0.15) is 43.6 Å². The van der Waals surface area contributed by atoms with Gasteiger partial charge in [0.1, 0.15) is 17.4 Å². The smallest absolute Gasteiger partial charge is 0.234 e. The van der Waals surface area contributed by atoms with Crippen LogP contribution in [0.15, 0.2) is 18.2 Å². The van der Waals surface area contributed by atoms with E-state index in [4.69, 9.17) is 33.0 Å². The third-order valence-electron chi connectivity index (χ3n) is 4.36. The molecule has 1 fully saturated rings. The van der Waals surface area contributed by atoms with Crippen LogP contribution < -0.4 is 15.6 Å². The fourth-order valence-corrected chi connectivity index (χ4v) is 4.53. The Bertz CT molecular complexity index is 943. The van der Waals surface area contributed by atoms with E-state index in [9.17, 15) is 0 Å². The molecule has 144 valence electrons. The Balaban J connectivity index is 1.46. The summed E-state index contributed by atoms with van der Waals surface area (Å²) in [5, 5.41) is 15.1. The van der Waals surface area contributed by atoms with Gasteiger partial charge < -0.3 is 4.74 Å². The number of hydrogen-bond acceptors (Lipinski definition) is 7. The minimum atomic E-state index is 0.180. The van der Waals surface area contributed by atoms with Crippen molar-refractivity contribution in [1.29, 1.82) is 0 Å². The lowest BCUT2D eigenvalue weighted by atomic mass is 10.0. The SMILES string of the molecule is CC(C)CC1CC(c2nn3c(COc4ccc(Cl)cc4Cl)nnc3s2)NN1. The van der Waals surface area contributed by atoms with Gasteiger partial charge in [-0.1, -0.05) is 48.4 Å². The first-order chi connectivity index (χ1) is 13.0. The van der Waals surface area contributed by atoms with E-state index in [0.717, 1.165) is 22.8 Å². The van der Waals surface area contributed by atoms with Crippen LogP contribution >= 0.6 is 34.5 Å². The molecule has 3 heterocycles. The zero-order chi connectivity index (χ0) is 19.0. The molecular formula is C17H20Cl2N6OS. The Labute approximate surface area is 171 Å². The highest BCUT2D eigenvalue weighted by atomic mass is 35.5. The van der Waals surface area contributed by atoms with Crippen LogP contribution in [0.25, 0.3) is 4.96 Å². The minimum Gasteiger partial charge on any atom is -0.484 e. The fourth-order valence-electron chi connectivity index (χ4n) is 3.15. The van der Waals surface area contributed by atoms with E-state index >= 15 is 0 Å². The molecule has 0 spiro atoms. The number of hydrogen-bond donors (Lipinski definition) is 2. The van der Waals surface area contributed by atoms with Crippen LogP contribution in [-0.4, -0.2) is 25.9 Å². The van der Waals surface area contributed by atoms with Crippen molar-refractivity contribution in [2.75, 3.05) is 0 Å². The predicted octanol–water partition coefficient (Wildman–Crippen LogP) is 4.03. The molecule has 4 rings (SSSR count). The van der Waals surface area contributed by atoms with Crippen LogP contribution in [0.4, 0.5) is 0 Å². The summed E-state index contributed by atoms with van der Waals surface area (Å²) < 4.78 is 7.50.